The molecular weight excluding hydrogens is 311 g/mol. The normalized spacial score (nSPS) is 11.9. The van der Waals surface area contributed by atoms with Crippen molar-refractivity contribution < 1.29 is 14.7 Å². The smallest absolute Gasteiger partial charge is 0.305 e. The molecule has 17 heavy (non-hydrogen) atoms. The first kappa shape index (κ1) is 13.9. The Morgan fingerprint density at radius 2 is 2.29 bits per heavy atom. The highest BCUT2D eigenvalue weighted by Gasteiger charge is 2.16. The van der Waals surface area contributed by atoms with E-state index in [0.717, 1.165) is 0 Å². The van der Waals surface area contributed by atoms with Crippen LogP contribution in [-0.4, -0.2) is 28.0 Å². The highest BCUT2D eigenvalue weighted by atomic mass is 79.9. The van der Waals surface area contributed by atoms with Gasteiger partial charge in [-0.15, -0.1) is 0 Å². The molecule has 0 aliphatic rings. The molecule has 1 unspecified atom stereocenters. The van der Waals surface area contributed by atoms with Gasteiger partial charge in [0.1, 0.15) is 5.15 Å². The third-order valence-corrected chi connectivity index (χ3v) is 2.64. The van der Waals surface area contributed by atoms with Gasteiger partial charge in [-0.3, -0.25) is 9.59 Å². The van der Waals surface area contributed by atoms with Crippen molar-refractivity contribution in [2.45, 2.75) is 19.4 Å². The molecule has 0 spiro atoms. The second-order valence-corrected chi connectivity index (χ2v) is 4.74. The lowest BCUT2D eigenvalue weighted by atomic mass is 10.2. The predicted molar refractivity (Wildman–Crippen MR) is 66.1 cm³/mol. The van der Waals surface area contributed by atoms with E-state index in [0.29, 0.717) is 4.47 Å². The second-order valence-electron chi connectivity index (χ2n) is 3.46. The lowest BCUT2D eigenvalue weighted by Gasteiger charge is -2.12. The fourth-order valence-corrected chi connectivity index (χ4v) is 1.72. The van der Waals surface area contributed by atoms with Crippen LogP contribution in [0.3, 0.4) is 0 Å². The number of rotatable bonds is 4. The minimum absolute atomic E-state index is 0.0771. The molecule has 0 aliphatic heterocycles. The number of pyridine rings is 1. The zero-order chi connectivity index (χ0) is 13.0. The predicted octanol–water partition coefficient (Wildman–Crippen LogP) is 2.09. The number of carbonyl (C=O) groups is 2. The Bertz CT molecular complexity index is 453. The molecule has 1 heterocycles. The van der Waals surface area contributed by atoms with Crippen LogP contribution in [0.15, 0.2) is 16.7 Å². The van der Waals surface area contributed by atoms with Gasteiger partial charge in [-0.1, -0.05) is 11.6 Å². The third-order valence-electron chi connectivity index (χ3n) is 1.91. The van der Waals surface area contributed by atoms with Gasteiger partial charge in [0.2, 0.25) is 0 Å². The molecule has 1 atom stereocenters. The maximum Gasteiger partial charge on any atom is 0.305 e. The van der Waals surface area contributed by atoms with Gasteiger partial charge in [-0.2, -0.15) is 0 Å². The third kappa shape index (κ3) is 4.32. The fourth-order valence-electron chi connectivity index (χ4n) is 1.20. The highest BCUT2D eigenvalue weighted by Crippen LogP contribution is 2.18. The first-order valence-electron chi connectivity index (χ1n) is 4.74. The van der Waals surface area contributed by atoms with E-state index < -0.39 is 17.9 Å². The van der Waals surface area contributed by atoms with Gasteiger partial charge in [-0.25, -0.2) is 4.98 Å². The van der Waals surface area contributed by atoms with Gasteiger partial charge in [0, 0.05) is 16.7 Å². The van der Waals surface area contributed by atoms with Crippen LogP contribution in [0.4, 0.5) is 0 Å². The molecule has 1 rings (SSSR count). The van der Waals surface area contributed by atoms with Gasteiger partial charge < -0.3 is 10.4 Å². The number of nitrogens with one attached hydrogen (secondary N) is 1. The van der Waals surface area contributed by atoms with Crippen LogP contribution in [0.1, 0.15) is 23.7 Å². The van der Waals surface area contributed by atoms with Crippen LogP contribution in [0.2, 0.25) is 5.15 Å². The maximum absolute atomic E-state index is 11.8. The Hall–Kier alpha value is -1.14. The number of carboxylic acids is 1. The summed E-state index contributed by atoms with van der Waals surface area (Å²) in [6.45, 7) is 1.60. The molecule has 0 bridgehead atoms. The summed E-state index contributed by atoms with van der Waals surface area (Å²) in [5.74, 6) is -1.42. The quantitative estimate of drug-likeness (QED) is 0.832. The summed E-state index contributed by atoms with van der Waals surface area (Å²) in [7, 11) is 0. The molecule has 92 valence electrons. The van der Waals surface area contributed by atoms with Crippen LogP contribution < -0.4 is 5.32 Å². The number of aromatic nitrogens is 1. The molecule has 0 fully saturated rings. The standard InChI is InChI=1S/C10H10BrClN2O3/c1-5(2-8(15)16)14-10(17)7-3-6(11)4-13-9(7)12/h3-5H,2H2,1H3,(H,14,17)(H,15,16). The number of hydrogen-bond acceptors (Lipinski definition) is 3. The highest BCUT2D eigenvalue weighted by molar-refractivity contribution is 9.10. The molecule has 0 radical (unpaired) electrons. The van der Waals surface area contributed by atoms with Gasteiger partial charge in [0.15, 0.2) is 0 Å². The summed E-state index contributed by atoms with van der Waals surface area (Å²) in [6.07, 6.45) is 1.32. The van der Waals surface area contributed by atoms with Crippen molar-refractivity contribution >= 4 is 39.4 Å². The molecule has 7 heteroatoms. The Kier molecular flexibility index (Phi) is 4.89. The van der Waals surface area contributed by atoms with Crippen LogP contribution in [0.25, 0.3) is 0 Å². The van der Waals surface area contributed by atoms with E-state index in [1.165, 1.54) is 12.3 Å². The van der Waals surface area contributed by atoms with E-state index in [2.05, 4.69) is 26.2 Å². The van der Waals surface area contributed by atoms with Crippen molar-refractivity contribution in [1.82, 2.24) is 10.3 Å². The van der Waals surface area contributed by atoms with Gasteiger partial charge >= 0.3 is 5.97 Å². The van der Waals surface area contributed by atoms with E-state index in [1.807, 2.05) is 0 Å². The van der Waals surface area contributed by atoms with Crippen LogP contribution >= 0.6 is 27.5 Å². The van der Waals surface area contributed by atoms with E-state index >= 15 is 0 Å². The molecule has 0 aromatic carbocycles. The molecule has 1 aromatic rings. The summed E-state index contributed by atoms with van der Waals surface area (Å²) in [5.41, 5.74) is 0.207. The Morgan fingerprint density at radius 1 is 1.65 bits per heavy atom. The molecule has 2 N–H and O–H groups in total. The Morgan fingerprint density at radius 3 is 2.88 bits per heavy atom. The molecule has 5 nitrogen and oxygen atoms in total. The average molecular weight is 322 g/mol. The first-order chi connectivity index (χ1) is 7.90. The maximum atomic E-state index is 11.8. The van der Waals surface area contributed by atoms with Crippen molar-refractivity contribution in [2.75, 3.05) is 0 Å². The van der Waals surface area contributed by atoms with E-state index in [9.17, 15) is 9.59 Å². The van der Waals surface area contributed by atoms with E-state index in [1.54, 1.807) is 6.92 Å². The SMILES string of the molecule is CC(CC(=O)O)NC(=O)c1cc(Br)cnc1Cl. The van der Waals surface area contributed by atoms with E-state index in [-0.39, 0.29) is 17.1 Å². The zero-order valence-electron chi connectivity index (χ0n) is 8.91. The molecule has 0 saturated carbocycles. The monoisotopic (exact) mass is 320 g/mol. The number of amides is 1. The molecule has 0 aliphatic carbocycles. The number of hydrogen-bond donors (Lipinski definition) is 2. The van der Waals surface area contributed by atoms with Crippen molar-refractivity contribution in [3.8, 4) is 0 Å². The first-order valence-corrected chi connectivity index (χ1v) is 5.91. The van der Waals surface area contributed by atoms with E-state index in [4.69, 9.17) is 16.7 Å². The Balaban J connectivity index is 2.76. The molecule has 1 aromatic heterocycles. The minimum atomic E-state index is -0.976. The van der Waals surface area contributed by atoms with Crippen molar-refractivity contribution in [3.63, 3.8) is 0 Å². The largest absolute Gasteiger partial charge is 0.481 e. The number of aliphatic carboxylic acids is 1. The second kappa shape index (κ2) is 5.97. The number of carbonyl (C=O) groups excluding carboxylic acids is 1. The number of nitrogens with zero attached hydrogens (tertiary/aromatic N) is 1. The molecule has 0 saturated heterocycles. The minimum Gasteiger partial charge on any atom is -0.481 e. The lowest BCUT2D eigenvalue weighted by molar-refractivity contribution is -0.137. The summed E-state index contributed by atoms with van der Waals surface area (Å²) in [6, 6.07) is 1.05. The number of carboxylic acid groups (broad SMARTS) is 1. The van der Waals surface area contributed by atoms with Gasteiger partial charge in [0.25, 0.3) is 5.91 Å². The van der Waals surface area contributed by atoms with Crippen molar-refractivity contribution in [3.05, 3.63) is 27.5 Å². The average Bonchev–Trinajstić information content (AvgIpc) is 2.20. The molecule has 1 amide bonds. The van der Waals surface area contributed by atoms with Gasteiger partial charge in [-0.05, 0) is 28.9 Å². The van der Waals surface area contributed by atoms with Crippen molar-refractivity contribution in [2.24, 2.45) is 0 Å². The summed E-state index contributed by atoms with van der Waals surface area (Å²) in [4.78, 5) is 26.0. The molecular formula is C10H10BrClN2O3. The van der Waals surface area contributed by atoms with Crippen LogP contribution in [0.5, 0.6) is 0 Å². The topological polar surface area (TPSA) is 79.3 Å². The lowest BCUT2D eigenvalue weighted by Crippen LogP contribution is -2.34. The van der Waals surface area contributed by atoms with Crippen LogP contribution in [-0.2, 0) is 4.79 Å². The number of halogens is 2. The summed E-state index contributed by atoms with van der Waals surface area (Å²) < 4.78 is 0.623. The summed E-state index contributed by atoms with van der Waals surface area (Å²) in [5, 5.41) is 11.2. The van der Waals surface area contributed by atoms with Crippen LogP contribution in [0, 0.1) is 0 Å². The fraction of sp³-hybridized carbons (Fsp3) is 0.300. The van der Waals surface area contributed by atoms with Gasteiger partial charge in [0.05, 0.1) is 12.0 Å². The summed E-state index contributed by atoms with van der Waals surface area (Å²) >= 11 is 8.95. The zero-order valence-corrected chi connectivity index (χ0v) is 11.2. The van der Waals surface area contributed by atoms with Crippen molar-refractivity contribution in [1.29, 1.82) is 0 Å². The Labute approximate surface area is 111 Å².